The van der Waals surface area contributed by atoms with Crippen LogP contribution >= 0.6 is 0 Å². The lowest BCUT2D eigenvalue weighted by Crippen LogP contribution is -2.15. The van der Waals surface area contributed by atoms with Crippen LogP contribution in [0.25, 0.3) is 0 Å². The zero-order valence-corrected chi connectivity index (χ0v) is 12.4. The Morgan fingerprint density at radius 1 is 1.00 bits per heavy atom. The molecule has 2 rings (SSSR count). The minimum absolute atomic E-state index is 0.0584. The number of aliphatic hydroxyl groups excluding tert-OH is 1. The van der Waals surface area contributed by atoms with Crippen molar-refractivity contribution in [1.82, 2.24) is 0 Å². The van der Waals surface area contributed by atoms with Crippen LogP contribution < -0.4 is 9.46 Å². The van der Waals surface area contributed by atoms with Crippen LogP contribution in [0, 0.1) is 0 Å². The van der Waals surface area contributed by atoms with Crippen LogP contribution in [0.4, 0.5) is 5.69 Å². The number of sulfonamides is 1. The van der Waals surface area contributed by atoms with E-state index in [1.54, 1.807) is 55.6 Å². The molecule has 0 aliphatic heterocycles. The van der Waals surface area contributed by atoms with Crippen molar-refractivity contribution in [2.75, 3.05) is 11.8 Å². The highest BCUT2D eigenvalue weighted by Crippen LogP contribution is 2.17. The monoisotopic (exact) mass is 307 g/mol. The molecule has 0 saturated carbocycles. The van der Waals surface area contributed by atoms with Crippen molar-refractivity contribution < 1.29 is 18.3 Å². The number of rotatable bonds is 6. The van der Waals surface area contributed by atoms with Crippen LogP contribution in [0.2, 0.25) is 0 Å². The molecule has 21 heavy (non-hydrogen) atoms. The van der Waals surface area contributed by atoms with Crippen molar-refractivity contribution in [3.63, 3.8) is 0 Å². The molecule has 112 valence electrons. The quantitative estimate of drug-likeness (QED) is 0.857. The van der Waals surface area contributed by atoms with Crippen LogP contribution in [0.15, 0.2) is 48.5 Å². The van der Waals surface area contributed by atoms with Crippen molar-refractivity contribution in [2.24, 2.45) is 0 Å². The van der Waals surface area contributed by atoms with E-state index < -0.39 is 10.0 Å². The predicted octanol–water partition coefficient (Wildman–Crippen LogP) is 2.13. The normalized spacial score (nSPS) is 11.1. The first-order chi connectivity index (χ1) is 10.0. The van der Waals surface area contributed by atoms with Gasteiger partial charge in [-0.25, -0.2) is 8.42 Å². The van der Waals surface area contributed by atoms with E-state index in [-0.39, 0.29) is 12.4 Å². The van der Waals surface area contributed by atoms with Gasteiger partial charge in [0.2, 0.25) is 10.0 Å². The summed E-state index contributed by atoms with van der Waals surface area (Å²) < 4.78 is 31.7. The summed E-state index contributed by atoms with van der Waals surface area (Å²) in [5, 5.41) is 8.96. The maximum atomic E-state index is 12.1. The summed E-state index contributed by atoms with van der Waals surface area (Å²) in [7, 11) is -1.93. The molecule has 0 amide bonds. The van der Waals surface area contributed by atoms with Crippen LogP contribution in [-0.2, 0) is 22.4 Å². The Labute approximate surface area is 124 Å². The molecule has 0 aliphatic rings. The number of aliphatic hydroxyl groups is 1. The van der Waals surface area contributed by atoms with Crippen LogP contribution in [0.1, 0.15) is 11.1 Å². The zero-order valence-electron chi connectivity index (χ0n) is 11.6. The fraction of sp³-hybridized carbons (Fsp3) is 0.200. The Hall–Kier alpha value is -2.05. The van der Waals surface area contributed by atoms with Gasteiger partial charge >= 0.3 is 0 Å². The standard InChI is InChI=1S/C15H17NO4S/c1-20-15-8-6-14(7-9-15)16-21(18,19)11-13-4-2-12(10-17)3-5-13/h2-9,16-17H,10-11H2,1H3. The van der Waals surface area contributed by atoms with Crippen LogP contribution in [0.3, 0.4) is 0 Å². The minimum atomic E-state index is -3.48. The van der Waals surface area contributed by atoms with Crippen molar-refractivity contribution in [2.45, 2.75) is 12.4 Å². The molecule has 0 saturated heterocycles. The third-order valence-corrected chi connectivity index (χ3v) is 4.19. The summed E-state index contributed by atoms with van der Waals surface area (Å²) in [6.45, 7) is -0.0584. The Bertz CT molecular complexity index is 623. The van der Waals surface area contributed by atoms with Gasteiger partial charge in [0, 0.05) is 5.69 Å². The number of nitrogens with one attached hydrogen (secondary N) is 1. The van der Waals surface area contributed by atoms with Crippen molar-refractivity contribution in [1.29, 1.82) is 0 Å². The second-order valence-electron chi connectivity index (χ2n) is 4.56. The number of hydrogen-bond donors (Lipinski definition) is 2. The lowest BCUT2D eigenvalue weighted by Gasteiger charge is -2.09. The molecule has 0 spiro atoms. The number of anilines is 1. The molecular weight excluding hydrogens is 290 g/mol. The van der Waals surface area contributed by atoms with Gasteiger partial charge in [-0.15, -0.1) is 0 Å². The minimum Gasteiger partial charge on any atom is -0.497 e. The molecule has 2 aromatic rings. The molecular formula is C15H17NO4S. The lowest BCUT2D eigenvalue weighted by atomic mass is 10.2. The van der Waals surface area contributed by atoms with Gasteiger partial charge in [-0.05, 0) is 35.4 Å². The van der Waals surface area contributed by atoms with Crippen molar-refractivity contribution >= 4 is 15.7 Å². The Kier molecular flexibility index (Phi) is 4.82. The van der Waals surface area contributed by atoms with Gasteiger partial charge in [0.05, 0.1) is 19.5 Å². The summed E-state index contributed by atoms with van der Waals surface area (Å²) in [5.41, 5.74) is 1.90. The highest BCUT2D eigenvalue weighted by Gasteiger charge is 2.11. The average molecular weight is 307 g/mol. The predicted molar refractivity (Wildman–Crippen MR) is 81.6 cm³/mol. The Morgan fingerprint density at radius 2 is 1.57 bits per heavy atom. The van der Waals surface area contributed by atoms with Gasteiger partial charge in [-0.3, -0.25) is 4.72 Å². The second-order valence-corrected chi connectivity index (χ2v) is 6.29. The first kappa shape index (κ1) is 15.3. The average Bonchev–Trinajstić information content (AvgIpc) is 2.48. The van der Waals surface area contributed by atoms with Gasteiger partial charge in [0.25, 0.3) is 0 Å². The zero-order chi connectivity index (χ0) is 15.3. The van der Waals surface area contributed by atoms with Crippen molar-refractivity contribution in [3.8, 4) is 5.75 Å². The second kappa shape index (κ2) is 6.60. The van der Waals surface area contributed by atoms with E-state index >= 15 is 0 Å². The lowest BCUT2D eigenvalue weighted by molar-refractivity contribution is 0.282. The first-order valence-electron chi connectivity index (χ1n) is 6.35. The Balaban J connectivity index is 2.06. The number of benzene rings is 2. The number of methoxy groups -OCH3 is 1. The summed E-state index contributed by atoms with van der Waals surface area (Å²) in [6.07, 6.45) is 0. The number of hydrogen-bond acceptors (Lipinski definition) is 4. The van der Waals surface area contributed by atoms with E-state index in [9.17, 15) is 8.42 Å². The Morgan fingerprint density at radius 3 is 2.10 bits per heavy atom. The molecule has 2 aromatic carbocycles. The summed E-state index contributed by atoms with van der Waals surface area (Å²) in [5.74, 6) is 0.544. The molecule has 6 heteroatoms. The largest absolute Gasteiger partial charge is 0.497 e. The van der Waals surface area contributed by atoms with Gasteiger partial charge in [0.15, 0.2) is 0 Å². The SMILES string of the molecule is COc1ccc(NS(=O)(=O)Cc2ccc(CO)cc2)cc1. The topological polar surface area (TPSA) is 75.6 Å². The third kappa shape index (κ3) is 4.47. The van der Waals surface area contributed by atoms with E-state index in [0.717, 1.165) is 5.56 Å². The van der Waals surface area contributed by atoms with Gasteiger partial charge in [-0.2, -0.15) is 0 Å². The summed E-state index contributed by atoms with van der Waals surface area (Å²) >= 11 is 0. The molecule has 0 bridgehead atoms. The van der Waals surface area contributed by atoms with Crippen LogP contribution in [0.5, 0.6) is 5.75 Å². The van der Waals surface area contributed by atoms with Crippen molar-refractivity contribution in [3.05, 3.63) is 59.7 Å². The van der Waals surface area contributed by atoms with E-state index in [1.807, 2.05) is 0 Å². The van der Waals surface area contributed by atoms with Gasteiger partial charge in [0.1, 0.15) is 5.75 Å². The smallest absolute Gasteiger partial charge is 0.236 e. The number of ether oxygens (including phenoxy) is 1. The van der Waals surface area contributed by atoms with E-state index in [1.165, 1.54) is 0 Å². The molecule has 0 atom stereocenters. The van der Waals surface area contributed by atoms with Gasteiger partial charge in [-0.1, -0.05) is 24.3 Å². The highest BCUT2D eigenvalue weighted by molar-refractivity contribution is 7.91. The van der Waals surface area contributed by atoms with Crippen LogP contribution in [-0.4, -0.2) is 20.6 Å². The molecule has 0 fully saturated rings. The molecule has 0 unspecified atom stereocenters. The molecule has 2 N–H and O–H groups in total. The van der Waals surface area contributed by atoms with E-state index in [2.05, 4.69) is 4.72 Å². The summed E-state index contributed by atoms with van der Waals surface area (Å²) in [4.78, 5) is 0. The van der Waals surface area contributed by atoms with E-state index in [4.69, 9.17) is 9.84 Å². The van der Waals surface area contributed by atoms with Gasteiger partial charge < -0.3 is 9.84 Å². The molecule has 0 aliphatic carbocycles. The third-order valence-electron chi connectivity index (χ3n) is 2.93. The highest BCUT2D eigenvalue weighted by atomic mass is 32.2. The molecule has 0 aromatic heterocycles. The molecule has 0 heterocycles. The fourth-order valence-corrected chi connectivity index (χ4v) is 3.03. The fourth-order valence-electron chi connectivity index (χ4n) is 1.84. The molecule has 0 radical (unpaired) electrons. The first-order valence-corrected chi connectivity index (χ1v) is 8.01. The van der Waals surface area contributed by atoms with E-state index in [0.29, 0.717) is 17.0 Å². The molecule has 5 nitrogen and oxygen atoms in total. The summed E-state index contributed by atoms with van der Waals surface area (Å²) in [6, 6.07) is 13.5. The maximum absolute atomic E-state index is 12.1. The maximum Gasteiger partial charge on any atom is 0.236 e.